The quantitative estimate of drug-likeness (QED) is 0.118. The monoisotopic (exact) mass is 466 g/mol. The van der Waals surface area contributed by atoms with Crippen LogP contribution in [0.1, 0.15) is 24.4 Å². The Balaban J connectivity index is 1.96. The number of amides is 1. The molecule has 0 aliphatic heterocycles. The van der Waals surface area contributed by atoms with Gasteiger partial charge in [0.2, 0.25) is 5.91 Å². The van der Waals surface area contributed by atoms with Gasteiger partial charge in [-0.05, 0) is 30.5 Å². The highest BCUT2D eigenvalue weighted by atomic mass is 16.4. The molecule has 0 aliphatic carbocycles. The molecule has 0 radical (unpaired) electrons. The Morgan fingerprint density at radius 2 is 1.74 bits per heavy atom. The van der Waals surface area contributed by atoms with Crippen LogP contribution < -0.4 is 38.1 Å². The number of hydrogen-bond donors (Lipinski definition) is 5. The zero-order valence-electron chi connectivity index (χ0n) is 18.3. The van der Waals surface area contributed by atoms with Crippen LogP contribution in [0.2, 0.25) is 0 Å². The van der Waals surface area contributed by atoms with E-state index in [1.807, 2.05) is 0 Å². The number of rotatable bonds is 10. The summed E-state index contributed by atoms with van der Waals surface area (Å²) >= 11 is 0. The van der Waals surface area contributed by atoms with Crippen LogP contribution in [0.3, 0.4) is 0 Å². The van der Waals surface area contributed by atoms with Crippen molar-refractivity contribution in [3.8, 4) is 0 Å². The summed E-state index contributed by atoms with van der Waals surface area (Å²) in [5.41, 5.74) is 10.2. The van der Waals surface area contributed by atoms with Crippen molar-refractivity contribution in [2.24, 2.45) is 11.5 Å². The van der Waals surface area contributed by atoms with Gasteiger partial charge in [-0.3, -0.25) is 26.0 Å². The Hall–Kier alpha value is -4.41. The molecule has 1 aromatic heterocycles. The number of aromatic amines is 1. The predicted molar refractivity (Wildman–Crippen MR) is 123 cm³/mol. The number of fused-ring (bicyclic) bond motifs is 1. The van der Waals surface area contributed by atoms with E-state index in [0.717, 1.165) is 4.57 Å². The first kappa shape index (κ1) is 24.2. The van der Waals surface area contributed by atoms with Crippen molar-refractivity contribution in [1.29, 1.82) is 0 Å². The number of carboxylic acid groups (broad SMARTS) is 1. The Morgan fingerprint density at radius 1 is 1.06 bits per heavy atom. The van der Waals surface area contributed by atoms with Crippen LogP contribution in [0.5, 0.6) is 0 Å². The van der Waals surface area contributed by atoms with Crippen LogP contribution >= 0.6 is 0 Å². The Kier molecular flexibility index (Phi) is 7.80. The number of guanidine groups is 1. The van der Waals surface area contributed by atoms with E-state index in [9.17, 15) is 24.3 Å². The Labute approximate surface area is 194 Å². The molecule has 0 fully saturated rings. The minimum absolute atomic E-state index is 0.00596. The zero-order chi connectivity index (χ0) is 24.7. The highest BCUT2D eigenvalue weighted by Crippen LogP contribution is 2.14. The molecule has 2 atom stereocenters. The van der Waals surface area contributed by atoms with Gasteiger partial charge in [0.15, 0.2) is 0 Å². The van der Waals surface area contributed by atoms with Gasteiger partial charge in [-0.25, -0.2) is 9.36 Å². The lowest BCUT2D eigenvalue weighted by atomic mass is 10.0. The van der Waals surface area contributed by atoms with Crippen LogP contribution in [0.25, 0.3) is 10.9 Å². The molecule has 178 valence electrons. The maximum atomic E-state index is 13.3. The van der Waals surface area contributed by atoms with Gasteiger partial charge in [-0.15, -0.1) is 0 Å². The molecule has 0 spiro atoms. The summed E-state index contributed by atoms with van der Waals surface area (Å²) in [6.07, 6.45) is 0.333. The van der Waals surface area contributed by atoms with Gasteiger partial charge < -0.3 is 20.2 Å². The van der Waals surface area contributed by atoms with Crippen LogP contribution in [-0.2, 0) is 16.0 Å². The van der Waals surface area contributed by atoms with E-state index in [4.69, 9.17) is 11.5 Å². The third-order valence-corrected chi connectivity index (χ3v) is 5.32. The zero-order valence-corrected chi connectivity index (χ0v) is 18.3. The second-order valence-corrected chi connectivity index (χ2v) is 7.76. The SMILES string of the molecule is NC(N)=[NH+]CCC[C@H](NC(=O)[C@H](Cc1ccccc1)n1c(=O)[nH]c2ccccc2c1=O)C(=O)[O-]. The van der Waals surface area contributed by atoms with Gasteiger partial charge >= 0.3 is 11.6 Å². The average molecular weight is 466 g/mol. The highest BCUT2D eigenvalue weighted by Gasteiger charge is 2.27. The van der Waals surface area contributed by atoms with Crippen molar-refractivity contribution in [1.82, 2.24) is 14.9 Å². The molecule has 3 rings (SSSR count). The number of nitrogens with two attached hydrogens (primary N) is 2. The second-order valence-electron chi connectivity index (χ2n) is 7.76. The number of H-pyrrole nitrogens is 1. The summed E-state index contributed by atoms with van der Waals surface area (Å²) < 4.78 is 0.822. The van der Waals surface area contributed by atoms with Gasteiger partial charge in [0.1, 0.15) is 6.04 Å². The van der Waals surface area contributed by atoms with Crippen LogP contribution in [-0.4, -0.2) is 40.0 Å². The third kappa shape index (κ3) is 5.88. The van der Waals surface area contributed by atoms with Crippen LogP contribution in [0.15, 0.2) is 64.2 Å². The number of nitrogens with one attached hydrogen (secondary N) is 3. The summed E-state index contributed by atoms with van der Waals surface area (Å²) in [7, 11) is 0. The molecule has 0 saturated heterocycles. The van der Waals surface area contributed by atoms with E-state index < -0.39 is 35.2 Å². The average Bonchev–Trinajstić information content (AvgIpc) is 2.80. The van der Waals surface area contributed by atoms with Crippen molar-refractivity contribution < 1.29 is 19.7 Å². The van der Waals surface area contributed by atoms with Crippen molar-refractivity contribution in [2.75, 3.05) is 6.54 Å². The molecule has 0 bridgehead atoms. The van der Waals surface area contributed by atoms with Gasteiger partial charge in [-0.2, -0.15) is 0 Å². The summed E-state index contributed by atoms with van der Waals surface area (Å²) in [6.45, 7) is 0.291. The van der Waals surface area contributed by atoms with Gasteiger partial charge in [0.25, 0.3) is 5.56 Å². The smallest absolute Gasteiger partial charge is 0.338 e. The predicted octanol–water partition coefficient (Wildman–Crippen LogP) is -3.16. The number of carbonyl (C=O) groups excluding carboxylic acids is 2. The van der Waals surface area contributed by atoms with Gasteiger partial charge in [0.05, 0.1) is 29.5 Å². The summed E-state index contributed by atoms with van der Waals surface area (Å²) in [6, 6.07) is 12.6. The van der Waals surface area contributed by atoms with E-state index in [0.29, 0.717) is 24.0 Å². The lowest BCUT2D eigenvalue weighted by molar-refractivity contribution is -0.459. The molecule has 34 heavy (non-hydrogen) atoms. The minimum Gasteiger partial charge on any atom is -0.548 e. The number of aliphatic carboxylic acids is 1. The number of hydrogen-bond acceptors (Lipinski definition) is 5. The van der Waals surface area contributed by atoms with Crippen molar-refractivity contribution >= 4 is 28.7 Å². The first-order chi connectivity index (χ1) is 16.3. The molecule has 2 aromatic carbocycles. The summed E-state index contributed by atoms with van der Waals surface area (Å²) in [5, 5.41) is 14.3. The van der Waals surface area contributed by atoms with Gasteiger partial charge in [-0.1, -0.05) is 42.5 Å². The fourth-order valence-electron chi connectivity index (χ4n) is 3.65. The normalized spacial score (nSPS) is 12.6. The molecule has 3 aromatic rings. The first-order valence-corrected chi connectivity index (χ1v) is 10.7. The number of carboxylic acids is 1. The first-order valence-electron chi connectivity index (χ1n) is 10.7. The van der Waals surface area contributed by atoms with Crippen molar-refractivity contribution in [3.63, 3.8) is 0 Å². The second kappa shape index (κ2) is 10.9. The van der Waals surface area contributed by atoms with Crippen LogP contribution in [0, 0.1) is 0 Å². The molecular weight excluding hydrogens is 440 g/mol. The molecule has 7 N–H and O–H groups in total. The fraction of sp³-hybridized carbons (Fsp3) is 0.261. The van der Waals surface area contributed by atoms with Crippen molar-refractivity contribution in [3.05, 3.63) is 81.0 Å². The lowest BCUT2D eigenvalue weighted by Crippen LogP contribution is -2.78. The number of para-hydroxylation sites is 1. The largest absolute Gasteiger partial charge is 0.548 e. The van der Waals surface area contributed by atoms with Crippen LogP contribution in [0.4, 0.5) is 0 Å². The maximum Gasteiger partial charge on any atom is 0.338 e. The standard InChI is InChI=1S/C23H26N6O5/c24-22(25)26-12-6-11-17(21(32)33)27-19(30)18(13-14-7-2-1-3-8-14)29-20(31)15-9-4-5-10-16(15)28-23(29)34/h1-5,7-10,17-18H,6,11-13H2,(H,27,30)(H,28,34)(H,32,33)(H4,24,25,26)/t17-,18-/m0/s1. The topological polar surface area (TPSA) is 190 Å². The summed E-state index contributed by atoms with van der Waals surface area (Å²) in [5.74, 6) is -2.29. The fourth-order valence-corrected chi connectivity index (χ4v) is 3.65. The number of aromatic nitrogens is 2. The number of nitrogens with zero attached hydrogens (tertiary/aromatic N) is 1. The molecule has 0 unspecified atom stereocenters. The van der Waals surface area contributed by atoms with E-state index in [1.54, 1.807) is 54.6 Å². The van der Waals surface area contributed by atoms with Gasteiger partial charge in [0, 0.05) is 6.42 Å². The van der Waals surface area contributed by atoms with Crippen molar-refractivity contribution in [2.45, 2.75) is 31.3 Å². The molecule has 1 amide bonds. The molecular formula is C23H26N6O5. The Bertz CT molecular complexity index is 1310. The molecule has 0 aliphatic rings. The van der Waals surface area contributed by atoms with E-state index in [2.05, 4.69) is 15.3 Å². The highest BCUT2D eigenvalue weighted by molar-refractivity contribution is 5.86. The lowest BCUT2D eigenvalue weighted by Gasteiger charge is -2.24. The van der Waals surface area contributed by atoms with E-state index in [1.165, 1.54) is 0 Å². The van der Waals surface area contributed by atoms with E-state index >= 15 is 0 Å². The molecule has 11 nitrogen and oxygen atoms in total. The molecule has 1 heterocycles. The third-order valence-electron chi connectivity index (χ3n) is 5.32. The molecule has 11 heteroatoms. The Morgan fingerprint density at radius 3 is 2.41 bits per heavy atom. The minimum atomic E-state index is -1.49. The van der Waals surface area contributed by atoms with E-state index in [-0.39, 0.29) is 24.2 Å². The number of benzene rings is 2. The number of carbonyl (C=O) groups is 2. The summed E-state index contributed by atoms with van der Waals surface area (Å²) in [4.78, 5) is 56.2. The maximum absolute atomic E-state index is 13.3. The molecule has 0 saturated carbocycles.